The van der Waals surface area contributed by atoms with Crippen molar-refractivity contribution < 1.29 is 18.8 Å². The van der Waals surface area contributed by atoms with Crippen LogP contribution in [0, 0.1) is 6.92 Å². The van der Waals surface area contributed by atoms with Gasteiger partial charge in [-0.2, -0.15) is 4.98 Å². The van der Waals surface area contributed by atoms with Gasteiger partial charge in [-0.3, -0.25) is 4.79 Å². The summed E-state index contributed by atoms with van der Waals surface area (Å²) in [6.07, 6.45) is 0. The quantitative estimate of drug-likeness (QED) is 0.717. The molecular weight excluding hydrogens is 334 g/mol. The van der Waals surface area contributed by atoms with Gasteiger partial charge >= 0.3 is 0 Å². The van der Waals surface area contributed by atoms with Crippen LogP contribution in [-0.4, -0.2) is 47.3 Å². The van der Waals surface area contributed by atoms with Crippen LogP contribution in [0.2, 0.25) is 0 Å². The first-order valence-corrected chi connectivity index (χ1v) is 8.50. The zero-order valence-electron chi connectivity index (χ0n) is 14.4. The monoisotopic (exact) mass is 353 g/mol. The molecule has 0 spiro atoms. The zero-order valence-corrected chi connectivity index (χ0v) is 14.4. The van der Waals surface area contributed by atoms with Gasteiger partial charge in [-0.1, -0.05) is 35.5 Å². The number of aryl methyl sites for hydroxylation is 1. The number of ether oxygens (including phenoxy) is 2. The van der Waals surface area contributed by atoms with Crippen molar-refractivity contribution in [2.24, 2.45) is 0 Å². The molecule has 1 saturated heterocycles. The van der Waals surface area contributed by atoms with E-state index in [0.29, 0.717) is 37.2 Å². The molecule has 1 aliphatic rings. The lowest BCUT2D eigenvalue weighted by Gasteiger charge is -2.33. The maximum absolute atomic E-state index is 12.7. The van der Waals surface area contributed by atoms with E-state index >= 15 is 0 Å². The Bertz CT molecular complexity index is 924. The van der Waals surface area contributed by atoms with Crippen molar-refractivity contribution in [2.45, 2.75) is 13.0 Å². The number of fused-ring (bicyclic) bond motifs is 1. The third kappa shape index (κ3) is 3.39. The van der Waals surface area contributed by atoms with Crippen molar-refractivity contribution in [3.63, 3.8) is 0 Å². The van der Waals surface area contributed by atoms with E-state index in [1.165, 1.54) is 0 Å². The molecule has 26 heavy (non-hydrogen) atoms. The second kappa shape index (κ2) is 7.13. The summed E-state index contributed by atoms with van der Waals surface area (Å²) in [7, 11) is 0. The van der Waals surface area contributed by atoms with Crippen molar-refractivity contribution >= 4 is 16.7 Å². The molecule has 2 aromatic carbocycles. The Balaban J connectivity index is 1.45. The van der Waals surface area contributed by atoms with Crippen LogP contribution in [0.25, 0.3) is 10.8 Å². The number of hydrogen-bond donors (Lipinski definition) is 0. The minimum absolute atomic E-state index is 0.0536. The van der Waals surface area contributed by atoms with Gasteiger partial charge < -0.3 is 18.9 Å². The topological polar surface area (TPSA) is 77.7 Å². The highest BCUT2D eigenvalue weighted by atomic mass is 16.5. The number of carbonyl (C=O) groups excluding carboxylic acids is 1. The summed E-state index contributed by atoms with van der Waals surface area (Å²) in [6, 6.07) is 13.4. The number of hydrogen-bond acceptors (Lipinski definition) is 6. The highest BCUT2D eigenvalue weighted by Gasteiger charge is 2.32. The standard InChI is InChI=1S/C19H19N3O4/c1-13-20-19(26-21-13)17-11-24-9-8-22(17)18(23)12-25-16-7-6-14-4-2-3-5-15(14)10-16/h2-7,10,17H,8-9,11-12H2,1H3/t17-/m0/s1. The molecule has 0 N–H and O–H groups in total. The van der Waals surface area contributed by atoms with Crippen molar-refractivity contribution in [3.05, 3.63) is 54.2 Å². The Morgan fingerprint density at radius 1 is 1.27 bits per heavy atom. The molecule has 0 unspecified atom stereocenters. The Labute approximate surface area is 150 Å². The predicted octanol–water partition coefficient (Wildman–Crippen LogP) is 2.51. The van der Waals surface area contributed by atoms with E-state index in [1.807, 2.05) is 42.5 Å². The normalized spacial score (nSPS) is 17.4. The van der Waals surface area contributed by atoms with Gasteiger partial charge in [-0.15, -0.1) is 0 Å². The zero-order chi connectivity index (χ0) is 17.9. The van der Waals surface area contributed by atoms with Crippen LogP contribution in [-0.2, 0) is 9.53 Å². The lowest BCUT2D eigenvalue weighted by atomic mass is 10.1. The van der Waals surface area contributed by atoms with Crippen molar-refractivity contribution in [1.29, 1.82) is 0 Å². The molecule has 7 heteroatoms. The molecule has 1 atom stereocenters. The lowest BCUT2D eigenvalue weighted by Crippen LogP contribution is -2.45. The first-order chi connectivity index (χ1) is 12.7. The molecule has 2 heterocycles. The highest BCUT2D eigenvalue weighted by molar-refractivity contribution is 5.84. The van der Waals surface area contributed by atoms with Gasteiger partial charge in [0.15, 0.2) is 12.4 Å². The van der Waals surface area contributed by atoms with Gasteiger partial charge in [-0.05, 0) is 29.8 Å². The average Bonchev–Trinajstić information content (AvgIpc) is 3.12. The van der Waals surface area contributed by atoms with Crippen LogP contribution in [0.5, 0.6) is 5.75 Å². The van der Waals surface area contributed by atoms with Crippen LogP contribution in [0.1, 0.15) is 17.8 Å². The van der Waals surface area contributed by atoms with E-state index in [2.05, 4.69) is 10.1 Å². The SMILES string of the molecule is Cc1noc([C@@H]2COCCN2C(=O)COc2ccc3ccccc3c2)n1. The van der Waals surface area contributed by atoms with Gasteiger partial charge in [0.25, 0.3) is 11.8 Å². The fourth-order valence-corrected chi connectivity index (χ4v) is 3.04. The van der Waals surface area contributed by atoms with E-state index in [0.717, 1.165) is 10.8 Å². The molecule has 0 bridgehead atoms. The molecule has 134 valence electrons. The number of aromatic nitrogens is 2. The summed E-state index contributed by atoms with van der Waals surface area (Å²) in [5, 5.41) is 6.00. The average molecular weight is 353 g/mol. The van der Waals surface area contributed by atoms with Gasteiger partial charge in [0.1, 0.15) is 11.8 Å². The minimum Gasteiger partial charge on any atom is -0.484 e. The summed E-state index contributed by atoms with van der Waals surface area (Å²) >= 11 is 0. The third-order valence-corrected chi connectivity index (χ3v) is 4.36. The molecular formula is C19H19N3O4. The van der Waals surface area contributed by atoms with Crippen LogP contribution < -0.4 is 4.74 Å². The molecule has 1 aromatic heterocycles. The van der Waals surface area contributed by atoms with Crippen molar-refractivity contribution in [2.75, 3.05) is 26.4 Å². The molecule has 1 amide bonds. The van der Waals surface area contributed by atoms with Crippen LogP contribution in [0.3, 0.4) is 0 Å². The molecule has 0 aliphatic carbocycles. The first-order valence-electron chi connectivity index (χ1n) is 8.50. The Morgan fingerprint density at radius 2 is 2.12 bits per heavy atom. The van der Waals surface area contributed by atoms with E-state index in [-0.39, 0.29) is 18.6 Å². The van der Waals surface area contributed by atoms with E-state index in [4.69, 9.17) is 14.0 Å². The maximum Gasteiger partial charge on any atom is 0.261 e. The summed E-state index contributed by atoms with van der Waals surface area (Å²) in [5.41, 5.74) is 0. The Kier molecular flexibility index (Phi) is 4.53. The number of amides is 1. The van der Waals surface area contributed by atoms with Crippen LogP contribution >= 0.6 is 0 Å². The fourth-order valence-electron chi connectivity index (χ4n) is 3.04. The van der Waals surface area contributed by atoms with Gasteiger partial charge in [-0.25, -0.2) is 0 Å². The number of morpholine rings is 1. The van der Waals surface area contributed by atoms with Crippen molar-refractivity contribution in [1.82, 2.24) is 15.0 Å². The summed E-state index contributed by atoms with van der Waals surface area (Å²) < 4.78 is 16.4. The van der Waals surface area contributed by atoms with Gasteiger partial charge in [0.2, 0.25) is 0 Å². The molecule has 1 aliphatic heterocycles. The van der Waals surface area contributed by atoms with Gasteiger partial charge in [0, 0.05) is 6.54 Å². The number of benzene rings is 2. The lowest BCUT2D eigenvalue weighted by molar-refractivity contribution is -0.143. The molecule has 3 aromatic rings. The number of nitrogens with zero attached hydrogens (tertiary/aromatic N) is 3. The molecule has 0 saturated carbocycles. The maximum atomic E-state index is 12.7. The second-order valence-corrected chi connectivity index (χ2v) is 6.16. The number of carbonyl (C=O) groups is 1. The van der Waals surface area contributed by atoms with E-state index in [1.54, 1.807) is 11.8 Å². The minimum atomic E-state index is -0.377. The Hall–Kier alpha value is -2.93. The van der Waals surface area contributed by atoms with Crippen molar-refractivity contribution in [3.8, 4) is 5.75 Å². The predicted molar refractivity (Wildman–Crippen MR) is 93.8 cm³/mol. The van der Waals surface area contributed by atoms with Gasteiger partial charge in [0.05, 0.1) is 13.2 Å². The fraction of sp³-hybridized carbons (Fsp3) is 0.316. The highest BCUT2D eigenvalue weighted by Crippen LogP contribution is 2.24. The summed E-state index contributed by atoms with van der Waals surface area (Å²) in [6.45, 7) is 2.97. The molecule has 4 rings (SSSR count). The van der Waals surface area contributed by atoms with Crippen LogP contribution in [0.15, 0.2) is 47.0 Å². The third-order valence-electron chi connectivity index (χ3n) is 4.36. The smallest absolute Gasteiger partial charge is 0.261 e. The van der Waals surface area contributed by atoms with Crippen LogP contribution in [0.4, 0.5) is 0 Å². The molecule has 7 nitrogen and oxygen atoms in total. The molecule has 1 fully saturated rings. The second-order valence-electron chi connectivity index (χ2n) is 6.16. The Morgan fingerprint density at radius 3 is 2.92 bits per heavy atom. The largest absolute Gasteiger partial charge is 0.484 e. The van der Waals surface area contributed by atoms with E-state index in [9.17, 15) is 4.79 Å². The first kappa shape index (κ1) is 16.5. The number of rotatable bonds is 4. The van der Waals surface area contributed by atoms with E-state index < -0.39 is 0 Å². The molecule has 0 radical (unpaired) electrons. The summed E-state index contributed by atoms with van der Waals surface area (Å²) in [5.74, 6) is 1.45. The summed E-state index contributed by atoms with van der Waals surface area (Å²) in [4.78, 5) is 18.6.